The van der Waals surface area contributed by atoms with Gasteiger partial charge in [-0.25, -0.2) is 32.5 Å². The van der Waals surface area contributed by atoms with Crippen molar-refractivity contribution in [1.82, 2.24) is 24.2 Å². The molecule has 0 unspecified atom stereocenters. The van der Waals surface area contributed by atoms with Crippen LogP contribution in [0.15, 0.2) is 67.0 Å². The van der Waals surface area contributed by atoms with E-state index in [0.717, 1.165) is 41.0 Å². The summed E-state index contributed by atoms with van der Waals surface area (Å²) in [5.74, 6) is 1.31. The molecule has 0 radical (unpaired) electrons. The van der Waals surface area contributed by atoms with E-state index < -0.39 is 16.5 Å². The molecule has 1 saturated heterocycles. The molecular weight excluding hydrogens is 651 g/mol. The third-order valence-electron chi connectivity index (χ3n) is 7.71. The van der Waals surface area contributed by atoms with Crippen LogP contribution in [0.4, 0.5) is 21.4 Å². The zero-order valence-corrected chi connectivity index (χ0v) is 29.0. The van der Waals surface area contributed by atoms with E-state index in [4.69, 9.17) is 14.5 Å². The minimum Gasteiger partial charge on any atom is -0.444 e. The molecule has 1 amide bonds. The van der Waals surface area contributed by atoms with E-state index in [1.807, 2.05) is 65.0 Å². The Morgan fingerprint density at radius 2 is 1.88 bits per heavy atom. The smallest absolute Gasteiger partial charge is 0.410 e. The Morgan fingerprint density at radius 1 is 1.04 bits per heavy atom. The Bertz CT molecular complexity index is 2030. The Morgan fingerprint density at radius 3 is 2.62 bits per heavy atom. The Hall–Kier alpha value is -4.82. The summed E-state index contributed by atoms with van der Waals surface area (Å²) in [6.07, 6.45) is 4.68. The second-order valence-corrected chi connectivity index (χ2v) is 14.2. The molecule has 4 heterocycles. The maximum atomic E-state index is 12.7. The van der Waals surface area contributed by atoms with Crippen LogP contribution in [0.1, 0.15) is 44.9 Å². The van der Waals surface area contributed by atoms with E-state index in [-0.39, 0.29) is 12.1 Å². The number of piperidine rings is 1. The SMILES string of the molecule is Cc1cc(N(c2cccc3c(Oc4ncccc4-c4ccnc(N[C@H]5CCCN(C(=O)OC(C)(C)C)C5)n4)c(C)ccc23)[SH](=O)=O)sn1. The van der Waals surface area contributed by atoms with Crippen LogP contribution in [0.2, 0.25) is 0 Å². The number of thiol groups is 1. The molecule has 1 aliphatic rings. The second-order valence-electron chi connectivity index (χ2n) is 12.6. The van der Waals surface area contributed by atoms with Crippen molar-refractivity contribution in [2.24, 2.45) is 0 Å². The third kappa shape index (κ3) is 7.34. The van der Waals surface area contributed by atoms with Crippen molar-refractivity contribution in [3.05, 3.63) is 78.2 Å². The van der Waals surface area contributed by atoms with Crippen LogP contribution in [0, 0.1) is 13.8 Å². The van der Waals surface area contributed by atoms with Crippen molar-refractivity contribution >= 4 is 55.9 Å². The van der Waals surface area contributed by atoms with Gasteiger partial charge in [-0.15, -0.1) is 0 Å². The number of rotatable bonds is 8. The maximum Gasteiger partial charge on any atom is 0.410 e. The molecular formula is C34H37N7O5S2. The zero-order chi connectivity index (χ0) is 34.0. The van der Waals surface area contributed by atoms with Gasteiger partial charge in [-0.05, 0) is 94.9 Å². The zero-order valence-electron chi connectivity index (χ0n) is 27.3. The third-order valence-corrected chi connectivity index (χ3v) is 9.47. The number of pyridine rings is 1. The van der Waals surface area contributed by atoms with E-state index in [9.17, 15) is 13.2 Å². The number of fused-ring (bicyclic) bond motifs is 1. The van der Waals surface area contributed by atoms with Crippen LogP contribution < -0.4 is 14.4 Å². The number of likely N-dealkylation sites (tertiary alicyclic amines) is 1. The van der Waals surface area contributed by atoms with Gasteiger partial charge in [-0.2, -0.15) is 4.37 Å². The van der Waals surface area contributed by atoms with Crippen LogP contribution in [-0.4, -0.2) is 63.5 Å². The normalized spacial score (nSPS) is 15.0. The van der Waals surface area contributed by atoms with Crippen molar-refractivity contribution in [2.45, 2.75) is 59.1 Å². The van der Waals surface area contributed by atoms with Crippen LogP contribution in [0.5, 0.6) is 11.6 Å². The molecule has 2 aromatic carbocycles. The minimum absolute atomic E-state index is 0.0450. The average molecular weight is 688 g/mol. The van der Waals surface area contributed by atoms with Crippen molar-refractivity contribution in [3.63, 3.8) is 0 Å². The number of carbonyl (C=O) groups is 1. The van der Waals surface area contributed by atoms with Gasteiger partial charge in [0.15, 0.2) is 0 Å². The molecule has 0 saturated carbocycles. The molecule has 14 heteroatoms. The molecule has 12 nitrogen and oxygen atoms in total. The highest BCUT2D eigenvalue weighted by molar-refractivity contribution is 7.74. The molecule has 6 rings (SSSR count). The first kappa shape index (κ1) is 33.1. The van der Waals surface area contributed by atoms with Crippen molar-refractivity contribution in [3.8, 4) is 22.9 Å². The lowest BCUT2D eigenvalue weighted by Gasteiger charge is -2.34. The summed E-state index contributed by atoms with van der Waals surface area (Å²) in [6.45, 7) is 10.4. The molecule has 0 spiro atoms. The van der Waals surface area contributed by atoms with Crippen LogP contribution >= 0.6 is 11.5 Å². The highest BCUT2D eigenvalue weighted by atomic mass is 32.2. The number of hydrogen-bond donors (Lipinski definition) is 2. The predicted octanol–water partition coefficient (Wildman–Crippen LogP) is 7.03. The number of aryl methyl sites for hydroxylation is 2. The summed E-state index contributed by atoms with van der Waals surface area (Å²) in [4.78, 5) is 28.2. The summed E-state index contributed by atoms with van der Waals surface area (Å²) in [7, 11) is -2.99. The van der Waals surface area contributed by atoms with Gasteiger partial charge < -0.3 is 19.7 Å². The number of nitrogens with zero attached hydrogens (tertiary/aromatic N) is 6. The van der Waals surface area contributed by atoms with Gasteiger partial charge in [0.1, 0.15) is 16.4 Å². The van der Waals surface area contributed by atoms with Crippen LogP contribution in [-0.2, 0) is 15.6 Å². The monoisotopic (exact) mass is 687 g/mol. The number of anilines is 3. The first-order valence-corrected chi connectivity index (χ1v) is 17.5. The maximum absolute atomic E-state index is 12.7. The first-order valence-electron chi connectivity index (χ1n) is 15.6. The van der Waals surface area contributed by atoms with E-state index in [2.05, 4.69) is 19.7 Å². The predicted molar refractivity (Wildman–Crippen MR) is 188 cm³/mol. The number of ether oxygens (including phenoxy) is 2. The fraction of sp³-hybridized carbons (Fsp3) is 0.324. The lowest BCUT2D eigenvalue weighted by molar-refractivity contribution is 0.0206. The summed E-state index contributed by atoms with van der Waals surface area (Å²) in [6, 6.07) is 16.4. The molecule has 0 bridgehead atoms. The van der Waals surface area contributed by atoms with Crippen LogP contribution in [0.3, 0.4) is 0 Å². The number of benzene rings is 2. The topological polar surface area (TPSA) is 140 Å². The highest BCUT2D eigenvalue weighted by Gasteiger charge is 2.28. The number of nitrogens with one attached hydrogen (secondary N) is 1. The number of carbonyl (C=O) groups excluding carboxylic acids is 1. The molecule has 48 heavy (non-hydrogen) atoms. The molecule has 1 N–H and O–H groups in total. The fourth-order valence-electron chi connectivity index (χ4n) is 5.59. The lowest BCUT2D eigenvalue weighted by Crippen LogP contribution is -2.47. The fourth-order valence-corrected chi connectivity index (χ4v) is 7.16. The Kier molecular flexibility index (Phi) is 9.47. The average Bonchev–Trinajstić information content (AvgIpc) is 3.47. The van der Waals surface area contributed by atoms with Gasteiger partial charge in [0.2, 0.25) is 22.7 Å². The molecule has 1 aliphatic heterocycles. The van der Waals surface area contributed by atoms with Gasteiger partial charge in [0.05, 0.1) is 22.6 Å². The summed E-state index contributed by atoms with van der Waals surface area (Å²) >= 11 is 1.12. The first-order chi connectivity index (χ1) is 23.0. The standard InChI is InChI=1S/C34H37N7O5S2/c1-21-13-14-24-25(10-6-12-28(24)41(48(43)44)29-19-22(2)39-47-29)30(21)45-31-26(11-7-16-35-31)27-15-17-36-32(38-27)37-23-9-8-18-40(20-23)33(42)46-34(3,4)5/h6-7,10-17,19,23,48H,8-9,18,20H2,1-5H3,(H,36,37,38)/t23-/m0/s1. The number of aromatic nitrogens is 4. The number of hydrogen-bond acceptors (Lipinski definition) is 11. The van der Waals surface area contributed by atoms with E-state index in [0.29, 0.717) is 58.0 Å². The summed E-state index contributed by atoms with van der Waals surface area (Å²) in [5, 5.41) is 5.32. The lowest BCUT2D eigenvalue weighted by atomic mass is 10.0. The number of amides is 1. The highest BCUT2D eigenvalue weighted by Crippen LogP contribution is 2.41. The largest absolute Gasteiger partial charge is 0.444 e. The van der Waals surface area contributed by atoms with Crippen molar-refractivity contribution in [2.75, 3.05) is 22.7 Å². The van der Waals surface area contributed by atoms with E-state index in [1.165, 1.54) is 4.31 Å². The minimum atomic E-state index is -2.99. The molecule has 3 aromatic heterocycles. The van der Waals surface area contributed by atoms with Crippen LogP contribution in [0.25, 0.3) is 22.0 Å². The molecule has 1 fully saturated rings. The van der Waals surface area contributed by atoms with Gasteiger partial charge >= 0.3 is 6.09 Å². The van der Waals surface area contributed by atoms with Gasteiger partial charge in [0, 0.05) is 42.3 Å². The van der Waals surface area contributed by atoms with Gasteiger partial charge in [-0.1, -0.05) is 24.3 Å². The Labute approximate surface area is 285 Å². The molecule has 5 aromatic rings. The van der Waals surface area contributed by atoms with E-state index >= 15 is 0 Å². The molecule has 250 valence electrons. The Balaban J connectivity index is 1.29. The van der Waals surface area contributed by atoms with Crippen molar-refractivity contribution in [1.29, 1.82) is 0 Å². The van der Waals surface area contributed by atoms with Gasteiger partial charge in [0.25, 0.3) is 0 Å². The second kappa shape index (κ2) is 13.7. The quantitative estimate of drug-likeness (QED) is 0.163. The van der Waals surface area contributed by atoms with E-state index in [1.54, 1.807) is 41.6 Å². The van der Waals surface area contributed by atoms with Gasteiger partial charge in [-0.3, -0.25) is 0 Å². The van der Waals surface area contributed by atoms with Crippen molar-refractivity contribution < 1.29 is 22.7 Å². The molecule has 1 atom stereocenters. The summed E-state index contributed by atoms with van der Waals surface area (Å²) < 4.78 is 42.7. The summed E-state index contributed by atoms with van der Waals surface area (Å²) in [5.41, 5.74) is 2.77. The molecule has 0 aliphatic carbocycles.